The van der Waals surface area contributed by atoms with Crippen molar-refractivity contribution in [3.8, 4) is 0 Å². The number of hydrogen-bond acceptors (Lipinski definition) is 9. The molecule has 0 unspecified atom stereocenters. The molecule has 3 aliphatic heterocycles. The number of carbonyl (C=O) groups is 1. The first-order valence-electron chi connectivity index (χ1n) is 6.62. The van der Waals surface area contributed by atoms with Gasteiger partial charge >= 0.3 is 7.82 Å². The molecule has 12 nitrogen and oxygen atoms in total. The van der Waals surface area contributed by atoms with E-state index in [1.165, 1.54) is 17.6 Å². The van der Waals surface area contributed by atoms with Gasteiger partial charge in [-0.05, 0) is 0 Å². The molecule has 0 radical (unpaired) electrons. The number of phosphoric acid groups is 1. The minimum Gasteiger partial charge on any atom is -0.387 e. The van der Waals surface area contributed by atoms with Crippen LogP contribution in [-0.4, -0.2) is 86.8 Å². The summed E-state index contributed by atoms with van der Waals surface area (Å²) in [6, 6.07) is -0.793. The number of nitrogens with one attached hydrogen (secondary N) is 1. The van der Waals surface area contributed by atoms with Gasteiger partial charge < -0.3 is 35.0 Å². The van der Waals surface area contributed by atoms with Crippen molar-refractivity contribution >= 4 is 26.4 Å². The molecule has 1 fully saturated rings. The van der Waals surface area contributed by atoms with Gasteiger partial charge in [0.2, 0.25) is 0 Å². The van der Waals surface area contributed by atoms with Crippen LogP contribution in [0.3, 0.4) is 0 Å². The molecule has 3 aliphatic rings. The Hall–Kier alpha value is -1.40. The quantitative estimate of drug-likeness (QED) is 0.326. The topological polar surface area (TPSA) is 174 Å². The van der Waals surface area contributed by atoms with Crippen molar-refractivity contribution in [1.82, 2.24) is 10.2 Å². The first kappa shape index (κ1) is 16.5. The summed E-state index contributed by atoms with van der Waals surface area (Å²) < 4.78 is 20.4. The highest BCUT2D eigenvalue weighted by atomic mass is 31.2. The van der Waals surface area contributed by atoms with Crippen LogP contribution in [0.2, 0.25) is 0 Å². The Labute approximate surface area is 129 Å². The zero-order valence-electron chi connectivity index (χ0n) is 11.5. The standard InChI is InChI=1S/C10H15N4O8P/c15-6-4(1-21-23(18,19)20)22-10(7(6)16)14-3-13-5-8(14)11-2-12-9(5)17/h2-8,10,15-16H,1H2,(H,11,12,17)(H2,18,19,20)/t4-,5-,6+,7+,8+,10-/m0/s1. The van der Waals surface area contributed by atoms with Crippen molar-refractivity contribution in [3.05, 3.63) is 0 Å². The van der Waals surface area contributed by atoms with Crippen LogP contribution in [0.25, 0.3) is 0 Å². The van der Waals surface area contributed by atoms with Crippen LogP contribution < -0.4 is 5.32 Å². The minimum absolute atomic E-state index is 0.363. The largest absolute Gasteiger partial charge is 0.469 e. The average molecular weight is 350 g/mol. The van der Waals surface area contributed by atoms with Crippen LogP contribution in [0, 0.1) is 0 Å². The van der Waals surface area contributed by atoms with Gasteiger partial charge in [0.25, 0.3) is 5.91 Å². The van der Waals surface area contributed by atoms with Crippen LogP contribution in [0.1, 0.15) is 0 Å². The van der Waals surface area contributed by atoms with Gasteiger partial charge in [-0.25, -0.2) is 9.56 Å². The van der Waals surface area contributed by atoms with E-state index in [9.17, 15) is 19.6 Å². The predicted molar refractivity (Wildman–Crippen MR) is 73.2 cm³/mol. The molecule has 1 amide bonds. The Balaban J connectivity index is 1.70. The number of rotatable bonds is 4. The molecule has 5 N–H and O–H groups in total. The van der Waals surface area contributed by atoms with Crippen molar-refractivity contribution in [2.24, 2.45) is 9.98 Å². The van der Waals surface area contributed by atoms with Crippen LogP contribution in [0.15, 0.2) is 9.98 Å². The lowest BCUT2D eigenvalue weighted by Gasteiger charge is -2.31. The van der Waals surface area contributed by atoms with Crippen molar-refractivity contribution < 1.29 is 38.6 Å². The highest BCUT2D eigenvalue weighted by molar-refractivity contribution is 7.46. The van der Waals surface area contributed by atoms with Gasteiger partial charge in [-0.2, -0.15) is 0 Å². The Morgan fingerprint density at radius 3 is 2.78 bits per heavy atom. The number of amides is 1. The summed E-state index contributed by atoms with van der Waals surface area (Å²) in [7, 11) is -4.73. The summed E-state index contributed by atoms with van der Waals surface area (Å²) in [5.74, 6) is -0.363. The zero-order chi connectivity index (χ0) is 16.8. The average Bonchev–Trinajstić information content (AvgIpc) is 3.01. The Bertz CT molecular complexity index is 593. The third kappa shape index (κ3) is 3.15. The molecule has 0 bridgehead atoms. The van der Waals surface area contributed by atoms with Crippen LogP contribution in [0.5, 0.6) is 0 Å². The van der Waals surface area contributed by atoms with Gasteiger partial charge in [0.05, 0.1) is 19.3 Å². The van der Waals surface area contributed by atoms with E-state index >= 15 is 0 Å². The molecule has 128 valence electrons. The SMILES string of the molecule is O=C1NC=N[C@H]2[C@@H]1N=CN2[C@H]1O[C@@H](COP(=O)(O)O)[C@@H](O)[C@H]1O. The molecule has 13 heteroatoms. The lowest BCUT2D eigenvalue weighted by Crippen LogP contribution is -2.53. The Morgan fingerprint density at radius 1 is 1.35 bits per heavy atom. The van der Waals surface area contributed by atoms with Crippen LogP contribution in [-0.2, 0) is 18.6 Å². The third-order valence-electron chi connectivity index (χ3n) is 3.69. The van der Waals surface area contributed by atoms with Crippen molar-refractivity contribution in [3.63, 3.8) is 0 Å². The van der Waals surface area contributed by atoms with Gasteiger partial charge in [-0.15, -0.1) is 0 Å². The van der Waals surface area contributed by atoms with Gasteiger partial charge in [0.15, 0.2) is 18.4 Å². The van der Waals surface area contributed by atoms with E-state index in [0.29, 0.717) is 0 Å². The second-order valence-corrected chi connectivity index (χ2v) is 6.43. The Morgan fingerprint density at radius 2 is 2.09 bits per heavy atom. The Kier molecular flexibility index (Phi) is 4.23. The number of aliphatic imine (C=N–C) groups is 2. The number of ether oxygens (including phenoxy) is 1. The van der Waals surface area contributed by atoms with Crippen molar-refractivity contribution in [1.29, 1.82) is 0 Å². The molecule has 23 heavy (non-hydrogen) atoms. The number of aliphatic hydroxyl groups excluding tert-OH is 2. The molecule has 6 atom stereocenters. The van der Waals surface area contributed by atoms with Crippen molar-refractivity contribution in [2.45, 2.75) is 36.7 Å². The van der Waals surface area contributed by atoms with E-state index < -0.39 is 51.2 Å². The molecule has 0 aliphatic carbocycles. The number of carbonyl (C=O) groups excluding carboxylic acids is 1. The lowest BCUT2D eigenvalue weighted by atomic mass is 10.1. The van der Waals surface area contributed by atoms with E-state index in [1.807, 2.05) is 0 Å². The fraction of sp³-hybridized carbons (Fsp3) is 0.700. The van der Waals surface area contributed by atoms with Gasteiger partial charge in [0, 0.05) is 0 Å². The smallest absolute Gasteiger partial charge is 0.387 e. The number of phosphoric ester groups is 1. The highest BCUT2D eigenvalue weighted by Crippen LogP contribution is 2.37. The van der Waals surface area contributed by atoms with Gasteiger partial charge in [0.1, 0.15) is 18.3 Å². The molecule has 0 spiro atoms. The van der Waals surface area contributed by atoms with Crippen molar-refractivity contribution in [2.75, 3.05) is 6.61 Å². The van der Waals surface area contributed by atoms with E-state index in [4.69, 9.17) is 14.5 Å². The summed E-state index contributed by atoms with van der Waals surface area (Å²) in [4.78, 5) is 38.4. The maximum absolute atomic E-state index is 11.7. The fourth-order valence-corrected chi connectivity index (χ4v) is 2.92. The lowest BCUT2D eigenvalue weighted by molar-refractivity contribution is -0.124. The molecule has 3 heterocycles. The second-order valence-electron chi connectivity index (χ2n) is 5.19. The molecule has 1 saturated heterocycles. The summed E-state index contributed by atoms with van der Waals surface area (Å²) in [6.07, 6.45) is -3.31. The van der Waals surface area contributed by atoms with Crippen LogP contribution >= 0.6 is 7.82 Å². The molecular formula is C10H15N4O8P. The molecule has 0 aromatic carbocycles. The minimum atomic E-state index is -4.73. The summed E-state index contributed by atoms with van der Waals surface area (Å²) in [6.45, 7) is -0.609. The summed E-state index contributed by atoms with van der Waals surface area (Å²) >= 11 is 0. The predicted octanol–water partition coefficient (Wildman–Crippen LogP) is -3.26. The summed E-state index contributed by atoms with van der Waals surface area (Å²) in [5, 5.41) is 22.4. The van der Waals surface area contributed by atoms with E-state index in [1.54, 1.807) is 0 Å². The highest BCUT2D eigenvalue weighted by Gasteiger charge is 2.50. The van der Waals surface area contributed by atoms with Crippen LogP contribution in [0.4, 0.5) is 0 Å². The number of fused-ring (bicyclic) bond motifs is 1. The molecule has 0 aromatic rings. The maximum atomic E-state index is 11.7. The molecular weight excluding hydrogens is 335 g/mol. The molecule has 3 rings (SSSR count). The number of nitrogens with zero attached hydrogens (tertiary/aromatic N) is 3. The van der Waals surface area contributed by atoms with Gasteiger partial charge in [-0.3, -0.25) is 14.3 Å². The van der Waals surface area contributed by atoms with E-state index in [-0.39, 0.29) is 5.91 Å². The first-order valence-corrected chi connectivity index (χ1v) is 8.15. The van der Waals surface area contributed by atoms with Gasteiger partial charge in [-0.1, -0.05) is 0 Å². The summed E-state index contributed by atoms with van der Waals surface area (Å²) in [5.41, 5.74) is 0. The fourth-order valence-electron chi connectivity index (χ4n) is 2.58. The first-order chi connectivity index (χ1) is 10.8. The van der Waals surface area contributed by atoms with E-state index in [2.05, 4.69) is 19.8 Å². The molecule has 0 aromatic heterocycles. The maximum Gasteiger partial charge on any atom is 0.469 e. The zero-order valence-corrected chi connectivity index (χ0v) is 12.4. The third-order valence-corrected chi connectivity index (χ3v) is 4.17. The monoisotopic (exact) mass is 350 g/mol. The van der Waals surface area contributed by atoms with E-state index in [0.717, 1.165) is 0 Å². The number of aliphatic hydroxyl groups is 2. The number of hydrogen-bond donors (Lipinski definition) is 5. The second kappa shape index (κ2) is 5.91. The normalized spacial score (nSPS) is 39.7. The molecule has 0 saturated carbocycles.